The lowest BCUT2D eigenvalue weighted by atomic mass is 10.1. The van der Waals surface area contributed by atoms with E-state index >= 15 is 0 Å². The second-order valence-corrected chi connectivity index (χ2v) is 3.58. The van der Waals surface area contributed by atoms with E-state index < -0.39 is 0 Å². The summed E-state index contributed by atoms with van der Waals surface area (Å²) in [6.07, 6.45) is 2.41. The van der Waals surface area contributed by atoms with Gasteiger partial charge in [0.05, 0.1) is 6.26 Å². The molecular formula is C11H14N2O2. The molecule has 4 heteroatoms. The summed E-state index contributed by atoms with van der Waals surface area (Å²) in [5, 5.41) is 9.61. The molecule has 0 saturated heterocycles. The number of hydrogen-bond acceptors (Lipinski definition) is 4. The highest BCUT2D eigenvalue weighted by atomic mass is 16.5. The van der Waals surface area contributed by atoms with Crippen LogP contribution in [0.15, 0.2) is 34.9 Å². The lowest BCUT2D eigenvalue weighted by Gasteiger charge is -2.08. The number of fused-ring (bicyclic) bond motifs is 1. The fraction of sp³-hybridized carbons (Fsp3) is 0.273. The molecule has 4 nitrogen and oxygen atoms in total. The van der Waals surface area contributed by atoms with Crippen molar-refractivity contribution in [3.63, 3.8) is 0 Å². The van der Waals surface area contributed by atoms with E-state index in [0.717, 1.165) is 16.5 Å². The zero-order valence-electron chi connectivity index (χ0n) is 8.31. The van der Waals surface area contributed by atoms with Crippen LogP contribution in [0.4, 0.5) is 0 Å². The van der Waals surface area contributed by atoms with Crippen molar-refractivity contribution in [2.75, 3.05) is 6.54 Å². The van der Waals surface area contributed by atoms with Crippen LogP contribution in [0.2, 0.25) is 0 Å². The van der Waals surface area contributed by atoms with Crippen LogP contribution in [0.3, 0.4) is 0 Å². The molecule has 0 aliphatic heterocycles. The van der Waals surface area contributed by atoms with Crippen LogP contribution >= 0.6 is 0 Å². The molecule has 2 rings (SSSR count). The summed E-state index contributed by atoms with van der Waals surface area (Å²) in [6.45, 7) is 0.375. The predicted octanol–water partition coefficient (Wildman–Crippen LogP) is 1.28. The Morgan fingerprint density at radius 1 is 1.40 bits per heavy atom. The monoisotopic (exact) mass is 206 g/mol. The first-order valence-electron chi connectivity index (χ1n) is 4.89. The maximum Gasteiger partial charge on any atom is 0.134 e. The third-order valence-electron chi connectivity index (χ3n) is 2.40. The van der Waals surface area contributed by atoms with Gasteiger partial charge in [0.15, 0.2) is 0 Å². The van der Waals surface area contributed by atoms with E-state index in [9.17, 15) is 0 Å². The first-order valence-corrected chi connectivity index (χ1v) is 4.89. The third-order valence-corrected chi connectivity index (χ3v) is 2.40. The van der Waals surface area contributed by atoms with Gasteiger partial charge in [-0.2, -0.15) is 0 Å². The van der Waals surface area contributed by atoms with E-state index in [2.05, 4.69) is 5.48 Å². The van der Waals surface area contributed by atoms with E-state index in [0.29, 0.717) is 13.0 Å². The molecule has 1 atom stereocenters. The third kappa shape index (κ3) is 2.18. The molecule has 0 aliphatic rings. The summed E-state index contributed by atoms with van der Waals surface area (Å²) in [5.74, 6) is 0. The Morgan fingerprint density at radius 3 is 3.00 bits per heavy atom. The second-order valence-electron chi connectivity index (χ2n) is 3.58. The van der Waals surface area contributed by atoms with Crippen LogP contribution in [-0.4, -0.2) is 17.8 Å². The van der Waals surface area contributed by atoms with Gasteiger partial charge in [0, 0.05) is 18.0 Å². The van der Waals surface area contributed by atoms with Gasteiger partial charge in [0.25, 0.3) is 0 Å². The molecular weight excluding hydrogens is 192 g/mol. The van der Waals surface area contributed by atoms with Gasteiger partial charge < -0.3 is 15.4 Å². The van der Waals surface area contributed by atoms with E-state index in [4.69, 9.17) is 15.4 Å². The second kappa shape index (κ2) is 4.44. The highest BCUT2D eigenvalue weighted by molar-refractivity contribution is 5.80. The number of benzene rings is 1. The zero-order valence-corrected chi connectivity index (χ0v) is 8.31. The number of hydroxylamine groups is 1. The Balaban J connectivity index is 2.21. The van der Waals surface area contributed by atoms with Gasteiger partial charge in [-0.25, -0.2) is 5.48 Å². The molecule has 1 aromatic carbocycles. The molecule has 0 saturated carbocycles. The van der Waals surface area contributed by atoms with Crippen molar-refractivity contribution in [2.45, 2.75) is 12.5 Å². The summed E-state index contributed by atoms with van der Waals surface area (Å²) in [6, 6.07) is 7.72. The molecule has 15 heavy (non-hydrogen) atoms. The SMILES string of the molecule is NC(CNO)Cc1coc2ccccc12. The minimum atomic E-state index is -0.115. The van der Waals surface area contributed by atoms with Gasteiger partial charge in [0.2, 0.25) is 0 Å². The Kier molecular flexibility index (Phi) is 3.01. The number of furan rings is 1. The maximum atomic E-state index is 8.53. The molecule has 0 fully saturated rings. The first-order chi connectivity index (χ1) is 7.31. The quantitative estimate of drug-likeness (QED) is 0.659. The van der Waals surface area contributed by atoms with Crippen molar-refractivity contribution in [2.24, 2.45) is 5.73 Å². The molecule has 0 amide bonds. The van der Waals surface area contributed by atoms with Crippen LogP contribution in [0, 0.1) is 0 Å². The number of nitrogens with two attached hydrogens (primary N) is 1. The minimum Gasteiger partial charge on any atom is -0.464 e. The predicted molar refractivity (Wildman–Crippen MR) is 57.7 cm³/mol. The summed E-state index contributed by atoms with van der Waals surface area (Å²) in [7, 11) is 0. The molecule has 2 aromatic rings. The molecule has 4 N–H and O–H groups in total. The Hall–Kier alpha value is -1.36. The van der Waals surface area contributed by atoms with E-state index in [1.165, 1.54) is 0 Å². The summed E-state index contributed by atoms with van der Waals surface area (Å²) in [5.41, 5.74) is 9.82. The summed E-state index contributed by atoms with van der Waals surface area (Å²) < 4.78 is 5.39. The number of para-hydroxylation sites is 1. The van der Waals surface area contributed by atoms with Crippen molar-refractivity contribution in [3.8, 4) is 0 Å². The number of nitrogens with one attached hydrogen (secondary N) is 1. The van der Waals surface area contributed by atoms with Gasteiger partial charge in [-0.3, -0.25) is 0 Å². The molecule has 1 aromatic heterocycles. The van der Waals surface area contributed by atoms with Crippen molar-refractivity contribution in [1.29, 1.82) is 0 Å². The lowest BCUT2D eigenvalue weighted by molar-refractivity contribution is 0.160. The van der Waals surface area contributed by atoms with Crippen LogP contribution in [0.1, 0.15) is 5.56 Å². The average molecular weight is 206 g/mol. The van der Waals surface area contributed by atoms with Gasteiger partial charge >= 0.3 is 0 Å². The largest absolute Gasteiger partial charge is 0.464 e. The van der Waals surface area contributed by atoms with Crippen LogP contribution in [0.5, 0.6) is 0 Å². The fourth-order valence-corrected chi connectivity index (χ4v) is 1.66. The minimum absolute atomic E-state index is 0.115. The molecule has 0 aliphatic carbocycles. The van der Waals surface area contributed by atoms with E-state index in [-0.39, 0.29) is 6.04 Å². The van der Waals surface area contributed by atoms with Crippen molar-refractivity contribution < 1.29 is 9.62 Å². The van der Waals surface area contributed by atoms with Crippen LogP contribution in [0.25, 0.3) is 11.0 Å². The van der Waals surface area contributed by atoms with Gasteiger partial charge in [-0.05, 0) is 18.1 Å². The standard InChI is InChI=1S/C11H14N2O2/c12-9(6-13-14)5-8-7-15-11-4-2-1-3-10(8)11/h1-4,7,9,13-14H,5-6,12H2. The van der Waals surface area contributed by atoms with Gasteiger partial charge in [-0.1, -0.05) is 18.2 Å². The Morgan fingerprint density at radius 2 is 2.20 bits per heavy atom. The van der Waals surface area contributed by atoms with Crippen LogP contribution < -0.4 is 11.2 Å². The van der Waals surface area contributed by atoms with Gasteiger partial charge in [0.1, 0.15) is 5.58 Å². The molecule has 0 radical (unpaired) electrons. The molecule has 1 heterocycles. The number of hydrogen-bond donors (Lipinski definition) is 3. The summed E-state index contributed by atoms with van der Waals surface area (Å²) >= 11 is 0. The fourth-order valence-electron chi connectivity index (χ4n) is 1.66. The molecule has 0 spiro atoms. The van der Waals surface area contributed by atoms with E-state index in [1.807, 2.05) is 24.3 Å². The highest BCUT2D eigenvalue weighted by Crippen LogP contribution is 2.21. The van der Waals surface area contributed by atoms with Gasteiger partial charge in [-0.15, -0.1) is 0 Å². The zero-order chi connectivity index (χ0) is 10.7. The molecule has 0 bridgehead atoms. The normalized spacial score (nSPS) is 13.2. The van der Waals surface area contributed by atoms with E-state index in [1.54, 1.807) is 6.26 Å². The number of rotatable bonds is 4. The Bertz CT molecular complexity index is 439. The summed E-state index contributed by atoms with van der Waals surface area (Å²) in [4.78, 5) is 0. The topological polar surface area (TPSA) is 71.4 Å². The van der Waals surface area contributed by atoms with Crippen molar-refractivity contribution in [1.82, 2.24) is 5.48 Å². The van der Waals surface area contributed by atoms with Crippen LogP contribution in [-0.2, 0) is 6.42 Å². The highest BCUT2D eigenvalue weighted by Gasteiger charge is 2.09. The smallest absolute Gasteiger partial charge is 0.134 e. The van der Waals surface area contributed by atoms with Crippen molar-refractivity contribution in [3.05, 3.63) is 36.1 Å². The Labute approximate surface area is 87.6 Å². The first kappa shape index (κ1) is 10.2. The lowest BCUT2D eigenvalue weighted by Crippen LogP contribution is -2.33. The van der Waals surface area contributed by atoms with Crippen molar-refractivity contribution >= 4 is 11.0 Å². The molecule has 80 valence electrons. The average Bonchev–Trinajstić information content (AvgIpc) is 2.62. The molecule has 1 unspecified atom stereocenters. The maximum absolute atomic E-state index is 8.53.